The number of carbonyl (C=O) groups is 2. The summed E-state index contributed by atoms with van der Waals surface area (Å²) in [7, 11) is 2.95. The Hall–Kier alpha value is -4.66. The van der Waals surface area contributed by atoms with E-state index in [-0.39, 0.29) is 34.3 Å². The van der Waals surface area contributed by atoms with Gasteiger partial charge < -0.3 is 18.9 Å². The second-order valence-electron chi connectivity index (χ2n) is 7.34. The number of nitro groups is 1. The quantitative estimate of drug-likeness (QED) is 0.170. The minimum absolute atomic E-state index is 0.0555. The first-order valence-electron chi connectivity index (χ1n) is 10.1. The maximum absolute atomic E-state index is 12.8. The highest BCUT2D eigenvalue weighted by atomic mass is 16.6. The van der Waals surface area contributed by atoms with Crippen molar-refractivity contribution < 1.29 is 33.5 Å². The number of nitro benzene ring substituents is 1. The number of Topliss-reactive ketones (excluding diaryl/α,β-unsaturated/α-hetero) is 1. The zero-order valence-corrected chi connectivity index (χ0v) is 18.5. The summed E-state index contributed by atoms with van der Waals surface area (Å²) in [5, 5.41) is 10.8. The molecular weight excluding hydrogens is 442 g/mol. The molecule has 172 valence electrons. The van der Waals surface area contributed by atoms with Crippen LogP contribution in [0.2, 0.25) is 0 Å². The van der Waals surface area contributed by atoms with E-state index in [1.165, 1.54) is 68.8 Å². The number of ether oxygens (including phenoxy) is 4. The van der Waals surface area contributed by atoms with Crippen molar-refractivity contribution in [3.63, 3.8) is 0 Å². The first-order valence-corrected chi connectivity index (χ1v) is 10.1. The molecule has 0 amide bonds. The van der Waals surface area contributed by atoms with E-state index >= 15 is 0 Å². The third kappa shape index (κ3) is 4.31. The van der Waals surface area contributed by atoms with Gasteiger partial charge in [-0.15, -0.1) is 0 Å². The number of benzene rings is 3. The van der Waals surface area contributed by atoms with E-state index in [2.05, 4.69) is 0 Å². The molecule has 9 nitrogen and oxygen atoms in total. The molecule has 0 radical (unpaired) electrons. The number of fused-ring (bicyclic) bond motifs is 1. The Morgan fingerprint density at radius 2 is 1.65 bits per heavy atom. The van der Waals surface area contributed by atoms with Crippen LogP contribution in [0.3, 0.4) is 0 Å². The molecule has 4 rings (SSSR count). The summed E-state index contributed by atoms with van der Waals surface area (Å²) in [4.78, 5) is 35.9. The fourth-order valence-electron chi connectivity index (χ4n) is 3.41. The molecule has 0 saturated heterocycles. The van der Waals surface area contributed by atoms with Crippen LogP contribution in [0.4, 0.5) is 5.69 Å². The van der Waals surface area contributed by atoms with Crippen molar-refractivity contribution in [2.75, 3.05) is 14.2 Å². The molecule has 3 aromatic rings. The summed E-state index contributed by atoms with van der Waals surface area (Å²) in [6.07, 6.45) is 1.50. The molecule has 34 heavy (non-hydrogen) atoms. The molecule has 1 heterocycles. The minimum Gasteiger partial charge on any atom is -0.497 e. The summed E-state index contributed by atoms with van der Waals surface area (Å²) in [6, 6.07) is 13.5. The van der Waals surface area contributed by atoms with Crippen molar-refractivity contribution in [2.45, 2.75) is 6.92 Å². The first-order chi connectivity index (χ1) is 16.3. The molecule has 0 atom stereocenters. The van der Waals surface area contributed by atoms with Crippen LogP contribution in [0.25, 0.3) is 6.08 Å². The van der Waals surface area contributed by atoms with Crippen molar-refractivity contribution in [1.29, 1.82) is 0 Å². The van der Waals surface area contributed by atoms with Crippen molar-refractivity contribution >= 4 is 23.5 Å². The Morgan fingerprint density at radius 1 is 1.00 bits per heavy atom. The molecule has 0 saturated carbocycles. The van der Waals surface area contributed by atoms with Gasteiger partial charge in [0.05, 0.1) is 30.3 Å². The van der Waals surface area contributed by atoms with Crippen molar-refractivity contribution in [3.05, 3.63) is 92.7 Å². The minimum atomic E-state index is -0.633. The smallest absolute Gasteiger partial charge is 0.343 e. The predicted octanol–water partition coefficient (Wildman–Crippen LogP) is 4.76. The first kappa shape index (κ1) is 22.5. The summed E-state index contributed by atoms with van der Waals surface area (Å²) in [6.45, 7) is 1.68. The zero-order chi connectivity index (χ0) is 24.4. The number of ketones is 1. The third-order valence-corrected chi connectivity index (χ3v) is 5.23. The van der Waals surface area contributed by atoms with Crippen molar-refractivity contribution in [1.82, 2.24) is 0 Å². The number of hydrogen-bond acceptors (Lipinski definition) is 8. The van der Waals surface area contributed by atoms with Gasteiger partial charge in [0.15, 0.2) is 5.76 Å². The maximum atomic E-state index is 12.8. The molecule has 1 aliphatic heterocycles. The second-order valence-corrected chi connectivity index (χ2v) is 7.34. The highest BCUT2D eigenvalue weighted by molar-refractivity contribution is 6.15. The number of non-ortho nitro benzene ring substituents is 1. The monoisotopic (exact) mass is 461 g/mol. The number of allylic oxidation sites excluding steroid dienone is 1. The Morgan fingerprint density at radius 3 is 2.24 bits per heavy atom. The van der Waals surface area contributed by atoms with E-state index in [9.17, 15) is 19.7 Å². The Kier molecular flexibility index (Phi) is 6.01. The van der Waals surface area contributed by atoms with Gasteiger partial charge in [-0.05, 0) is 55.0 Å². The van der Waals surface area contributed by atoms with Gasteiger partial charge in [-0.3, -0.25) is 14.9 Å². The normalized spacial score (nSPS) is 13.3. The van der Waals surface area contributed by atoms with Gasteiger partial charge in [0.1, 0.15) is 23.0 Å². The fourth-order valence-corrected chi connectivity index (χ4v) is 3.41. The van der Waals surface area contributed by atoms with E-state index in [0.717, 1.165) is 0 Å². The highest BCUT2D eigenvalue weighted by Crippen LogP contribution is 2.39. The maximum Gasteiger partial charge on any atom is 0.343 e. The number of esters is 1. The standard InChI is InChI=1S/C25H19NO8/c1-14-21(34-25(28)16-11-18(31-2)13-19(12-16)32-3)9-8-20-23(27)22(33-24(14)20)10-15-4-6-17(7-5-15)26(29)30/h4-13H,1-3H3/b22-10-. The van der Waals surface area contributed by atoms with Gasteiger partial charge in [0.25, 0.3) is 5.69 Å². The molecule has 9 heteroatoms. The van der Waals surface area contributed by atoms with Crippen LogP contribution in [0.15, 0.2) is 60.4 Å². The van der Waals surface area contributed by atoms with E-state index in [0.29, 0.717) is 28.2 Å². The summed E-state index contributed by atoms with van der Waals surface area (Å²) in [5.74, 6) is 0.478. The van der Waals surface area contributed by atoms with Crippen molar-refractivity contribution in [3.8, 4) is 23.0 Å². The van der Waals surface area contributed by atoms with Crippen LogP contribution in [0.5, 0.6) is 23.0 Å². The van der Waals surface area contributed by atoms with Gasteiger partial charge in [0, 0.05) is 23.8 Å². The zero-order valence-electron chi connectivity index (χ0n) is 18.5. The van der Waals surface area contributed by atoms with Crippen molar-refractivity contribution in [2.24, 2.45) is 0 Å². The van der Waals surface area contributed by atoms with E-state index < -0.39 is 10.9 Å². The molecule has 3 aromatic carbocycles. The van der Waals surface area contributed by atoms with Crippen LogP contribution in [-0.4, -0.2) is 30.9 Å². The topological polar surface area (TPSA) is 114 Å². The van der Waals surface area contributed by atoms with Gasteiger partial charge in [-0.1, -0.05) is 0 Å². The van der Waals surface area contributed by atoms with E-state index in [1.807, 2.05) is 0 Å². The fraction of sp³-hybridized carbons (Fsp3) is 0.120. The third-order valence-electron chi connectivity index (χ3n) is 5.23. The van der Waals surface area contributed by atoms with Crippen LogP contribution in [0, 0.1) is 17.0 Å². The lowest BCUT2D eigenvalue weighted by Gasteiger charge is -2.11. The Labute approximate surface area is 194 Å². The van der Waals surface area contributed by atoms with E-state index in [4.69, 9.17) is 18.9 Å². The average molecular weight is 461 g/mol. The second kappa shape index (κ2) is 9.07. The Balaban J connectivity index is 1.59. The van der Waals surface area contributed by atoms with Gasteiger partial charge in [0.2, 0.25) is 5.78 Å². The molecule has 0 aromatic heterocycles. The molecule has 0 spiro atoms. The predicted molar refractivity (Wildman–Crippen MR) is 122 cm³/mol. The lowest BCUT2D eigenvalue weighted by Crippen LogP contribution is -2.10. The summed E-state index contributed by atoms with van der Waals surface area (Å²) < 4.78 is 21.7. The summed E-state index contributed by atoms with van der Waals surface area (Å²) >= 11 is 0. The van der Waals surface area contributed by atoms with Crippen LogP contribution < -0.4 is 18.9 Å². The number of hydrogen-bond donors (Lipinski definition) is 0. The number of rotatable bonds is 6. The molecule has 0 aliphatic carbocycles. The lowest BCUT2D eigenvalue weighted by molar-refractivity contribution is -0.384. The van der Waals surface area contributed by atoms with Gasteiger partial charge in [-0.2, -0.15) is 0 Å². The Bertz CT molecular complexity index is 1320. The van der Waals surface area contributed by atoms with Crippen LogP contribution >= 0.6 is 0 Å². The van der Waals surface area contributed by atoms with Gasteiger partial charge >= 0.3 is 5.97 Å². The number of carbonyl (C=O) groups excluding carboxylic acids is 2. The summed E-state index contributed by atoms with van der Waals surface area (Å²) in [5.41, 5.74) is 1.54. The molecular formula is C25H19NO8. The number of nitrogens with zero attached hydrogens (tertiary/aromatic N) is 1. The van der Waals surface area contributed by atoms with Crippen LogP contribution in [0.1, 0.15) is 31.8 Å². The average Bonchev–Trinajstić information content (AvgIpc) is 3.16. The molecule has 0 unspecified atom stereocenters. The SMILES string of the molecule is COc1cc(OC)cc(C(=O)Oc2ccc3c(c2C)O/C(=C\c2ccc([N+](=O)[O-])cc2)C3=O)c1. The molecule has 0 bridgehead atoms. The van der Waals surface area contributed by atoms with E-state index in [1.54, 1.807) is 13.0 Å². The largest absolute Gasteiger partial charge is 0.497 e. The molecule has 1 aliphatic rings. The highest BCUT2D eigenvalue weighted by Gasteiger charge is 2.30. The molecule has 0 N–H and O–H groups in total. The lowest BCUT2D eigenvalue weighted by atomic mass is 10.1. The van der Waals surface area contributed by atoms with Crippen LogP contribution in [-0.2, 0) is 0 Å². The van der Waals surface area contributed by atoms with Gasteiger partial charge in [-0.25, -0.2) is 4.79 Å². The number of methoxy groups -OCH3 is 2. The molecule has 0 fully saturated rings.